The maximum Gasteiger partial charge on any atom is 0.246 e. The molecule has 3 rings (SSSR count). The molecule has 21 heavy (non-hydrogen) atoms. The van der Waals surface area contributed by atoms with Crippen molar-refractivity contribution in [1.29, 1.82) is 0 Å². The third-order valence-electron chi connectivity index (χ3n) is 2.94. The Morgan fingerprint density at radius 3 is 2.38 bits per heavy atom. The molecule has 3 aromatic rings. The van der Waals surface area contributed by atoms with E-state index in [9.17, 15) is 0 Å². The second-order valence-corrected chi connectivity index (χ2v) is 4.82. The minimum atomic E-state index is 0.399. The van der Waals surface area contributed by atoms with E-state index < -0.39 is 0 Å². The summed E-state index contributed by atoms with van der Waals surface area (Å²) in [5.74, 6) is 1.36. The van der Waals surface area contributed by atoms with E-state index in [2.05, 4.69) is 32.3 Å². The van der Waals surface area contributed by atoms with Gasteiger partial charge in [-0.3, -0.25) is 0 Å². The number of benzene rings is 1. The fourth-order valence-electron chi connectivity index (χ4n) is 1.77. The molecule has 0 atom stereocenters. The Labute approximate surface area is 122 Å². The summed E-state index contributed by atoms with van der Waals surface area (Å²) >= 11 is 0. The molecule has 0 aliphatic rings. The molecule has 6 nitrogen and oxygen atoms in total. The highest BCUT2D eigenvalue weighted by Gasteiger charge is 2.10. The van der Waals surface area contributed by atoms with Crippen LogP contribution in [0.25, 0.3) is 11.6 Å². The van der Waals surface area contributed by atoms with Crippen LogP contribution < -0.4 is 5.32 Å². The molecule has 2 aromatic heterocycles. The Kier molecular flexibility index (Phi) is 3.59. The number of aromatic nitrogens is 4. The summed E-state index contributed by atoms with van der Waals surface area (Å²) < 4.78 is 5.19. The molecule has 0 spiro atoms. The van der Waals surface area contributed by atoms with Crippen LogP contribution in [0.15, 0.2) is 41.2 Å². The van der Waals surface area contributed by atoms with Crippen LogP contribution in [-0.2, 0) is 6.54 Å². The quantitative estimate of drug-likeness (QED) is 0.792. The van der Waals surface area contributed by atoms with Gasteiger partial charge in [-0.25, -0.2) is 9.97 Å². The molecule has 106 valence electrons. The van der Waals surface area contributed by atoms with Gasteiger partial charge in [-0.15, -0.1) is 0 Å². The highest BCUT2D eigenvalue weighted by atomic mass is 16.5. The van der Waals surface area contributed by atoms with Crippen molar-refractivity contribution in [3.8, 4) is 11.6 Å². The van der Waals surface area contributed by atoms with E-state index in [1.165, 1.54) is 5.56 Å². The van der Waals surface area contributed by atoms with Gasteiger partial charge in [0, 0.05) is 18.1 Å². The molecule has 0 aliphatic carbocycles. The van der Waals surface area contributed by atoms with Crippen LogP contribution in [0.2, 0.25) is 0 Å². The molecule has 0 fully saturated rings. The van der Waals surface area contributed by atoms with Crippen molar-refractivity contribution in [2.45, 2.75) is 20.4 Å². The number of aryl methyl sites for hydroxylation is 2. The zero-order valence-electron chi connectivity index (χ0n) is 11.9. The summed E-state index contributed by atoms with van der Waals surface area (Å²) in [6.07, 6.45) is 3.45. The van der Waals surface area contributed by atoms with Crippen molar-refractivity contribution in [2.75, 3.05) is 5.32 Å². The van der Waals surface area contributed by atoms with Crippen LogP contribution >= 0.6 is 0 Å². The minimum Gasteiger partial charge on any atom is -0.376 e. The van der Waals surface area contributed by atoms with Crippen LogP contribution in [0, 0.1) is 13.8 Å². The summed E-state index contributed by atoms with van der Waals surface area (Å²) in [6, 6.07) is 8.11. The molecule has 0 bridgehead atoms. The highest BCUT2D eigenvalue weighted by Crippen LogP contribution is 2.13. The number of rotatable bonds is 4. The standard InChI is InChI=1S/C15H15N5O/c1-10-3-5-12(6-4-10)16-9-13-19-15(20-21-13)14-17-7-11(2)8-18-14/h3-8,16H,9H2,1-2H3. The number of nitrogens with zero attached hydrogens (tertiary/aromatic N) is 4. The molecule has 0 saturated heterocycles. The first-order valence-corrected chi connectivity index (χ1v) is 6.63. The van der Waals surface area contributed by atoms with E-state index in [4.69, 9.17) is 4.52 Å². The lowest BCUT2D eigenvalue weighted by Gasteiger charge is -2.02. The monoisotopic (exact) mass is 281 g/mol. The third kappa shape index (κ3) is 3.22. The molecular formula is C15H15N5O. The van der Waals surface area contributed by atoms with Gasteiger partial charge >= 0.3 is 0 Å². The summed E-state index contributed by atoms with van der Waals surface area (Å²) in [4.78, 5) is 12.6. The van der Waals surface area contributed by atoms with Crippen molar-refractivity contribution in [3.05, 3.63) is 53.7 Å². The zero-order valence-corrected chi connectivity index (χ0v) is 11.9. The molecule has 0 aliphatic heterocycles. The average Bonchev–Trinajstić information content (AvgIpc) is 2.96. The number of anilines is 1. The fraction of sp³-hybridized carbons (Fsp3) is 0.200. The first-order chi connectivity index (χ1) is 10.2. The predicted octanol–water partition coefficient (Wildman–Crippen LogP) is 2.76. The number of hydrogen-bond donors (Lipinski definition) is 1. The molecule has 0 unspecified atom stereocenters. The van der Waals surface area contributed by atoms with Crippen LogP contribution in [0.3, 0.4) is 0 Å². The molecule has 0 saturated carbocycles. The molecular weight excluding hydrogens is 266 g/mol. The second-order valence-electron chi connectivity index (χ2n) is 4.82. The SMILES string of the molecule is Cc1ccc(NCc2nc(-c3ncc(C)cn3)no2)cc1. The Morgan fingerprint density at radius 2 is 1.67 bits per heavy atom. The van der Waals surface area contributed by atoms with Crippen LogP contribution in [0.5, 0.6) is 0 Å². The average molecular weight is 281 g/mol. The topological polar surface area (TPSA) is 76.7 Å². The van der Waals surface area contributed by atoms with Crippen molar-refractivity contribution >= 4 is 5.69 Å². The van der Waals surface area contributed by atoms with Gasteiger partial charge in [-0.2, -0.15) is 4.98 Å². The molecule has 0 radical (unpaired) electrons. The van der Waals surface area contributed by atoms with Gasteiger partial charge in [0.15, 0.2) is 0 Å². The van der Waals surface area contributed by atoms with Gasteiger partial charge in [-0.1, -0.05) is 22.9 Å². The summed E-state index contributed by atoms with van der Waals surface area (Å²) in [5, 5.41) is 7.12. The molecule has 6 heteroatoms. The van der Waals surface area contributed by atoms with Crippen molar-refractivity contribution in [1.82, 2.24) is 20.1 Å². The second kappa shape index (κ2) is 5.70. The lowest BCUT2D eigenvalue weighted by atomic mass is 10.2. The van der Waals surface area contributed by atoms with E-state index in [0.717, 1.165) is 11.3 Å². The third-order valence-corrected chi connectivity index (χ3v) is 2.94. The maximum atomic E-state index is 5.19. The van der Waals surface area contributed by atoms with E-state index >= 15 is 0 Å². The van der Waals surface area contributed by atoms with Crippen molar-refractivity contribution in [2.24, 2.45) is 0 Å². The Hall–Kier alpha value is -2.76. The molecule has 1 N–H and O–H groups in total. The molecule has 2 heterocycles. The first kappa shape index (κ1) is 13.2. The zero-order chi connectivity index (χ0) is 14.7. The summed E-state index contributed by atoms with van der Waals surface area (Å²) in [6.45, 7) is 4.44. The molecule has 0 amide bonds. The van der Waals surface area contributed by atoms with Gasteiger partial charge in [0.25, 0.3) is 0 Å². The van der Waals surface area contributed by atoms with Crippen LogP contribution in [0.4, 0.5) is 5.69 Å². The normalized spacial score (nSPS) is 10.6. The van der Waals surface area contributed by atoms with E-state index in [1.54, 1.807) is 12.4 Å². The van der Waals surface area contributed by atoms with Gasteiger partial charge in [0.05, 0.1) is 6.54 Å². The van der Waals surface area contributed by atoms with Gasteiger partial charge in [-0.05, 0) is 31.5 Å². The highest BCUT2D eigenvalue weighted by molar-refractivity contribution is 5.45. The maximum absolute atomic E-state index is 5.19. The number of nitrogens with one attached hydrogen (secondary N) is 1. The summed E-state index contributed by atoms with van der Waals surface area (Å²) in [5.41, 5.74) is 3.22. The fourth-order valence-corrected chi connectivity index (χ4v) is 1.77. The Bertz CT molecular complexity index is 719. The first-order valence-electron chi connectivity index (χ1n) is 6.63. The lowest BCUT2D eigenvalue weighted by Crippen LogP contribution is -1.99. The van der Waals surface area contributed by atoms with Crippen molar-refractivity contribution in [3.63, 3.8) is 0 Å². The largest absolute Gasteiger partial charge is 0.376 e. The molecule has 1 aromatic carbocycles. The Morgan fingerprint density at radius 1 is 0.952 bits per heavy atom. The minimum absolute atomic E-state index is 0.399. The Balaban J connectivity index is 1.67. The van der Waals surface area contributed by atoms with E-state index in [1.807, 2.05) is 31.2 Å². The van der Waals surface area contributed by atoms with Gasteiger partial charge in [0.2, 0.25) is 17.5 Å². The van der Waals surface area contributed by atoms with Gasteiger partial charge < -0.3 is 9.84 Å². The van der Waals surface area contributed by atoms with Gasteiger partial charge in [0.1, 0.15) is 0 Å². The van der Waals surface area contributed by atoms with Crippen LogP contribution in [0.1, 0.15) is 17.0 Å². The predicted molar refractivity (Wildman–Crippen MR) is 78.6 cm³/mol. The van der Waals surface area contributed by atoms with Crippen molar-refractivity contribution < 1.29 is 4.52 Å². The lowest BCUT2D eigenvalue weighted by molar-refractivity contribution is 0.384. The van der Waals surface area contributed by atoms with E-state index in [-0.39, 0.29) is 0 Å². The summed E-state index contributed by atoms with van der Waals surface area (Å²) in [7, 11) is 0. The van der Waals surface area contributed by atoms with Crippen LogP contribution in [-0.4, -0.2) is 20.1 Å². The smallest absolute Gasteiger partial charge is 0.246 e. The number of hydrogen-bond acceptors (Lipinski definition) is 6. The van der Waals surface area contributed by atoms with E-state index in [0.29, 0.717) is 24.1 Å².